The predicted octanol–water partition coefficient (Wildman–Crippen LogP) is 13.6. The van der Waals surface area contributed by atoms with Crippen LogP contribution in [0.3, 0.4) is 0 Å². The Morgan fingerprint density at radius 2 is 1.02 bits per heavy atom. The average molecular weight is 702 g/mol. The van der Waals surface area contributed by atoms with Gasteiger partial charge < -0.3 is 5.32 Å². The van der Waals surface area contributed by atoms with E-state index in [9.17, 15) is 0 Å². The van der Waals surface area contributed by atoms with E-state index in [4.69, 9.17) is 0 Å². The Hall–Kier alpha value is -5.48. The van der Waals surface area contributed by atoms with Crippen molar-refractivity contribution in [1.82, 2.24) is 0 Å². The van der Waals surface area contributed by atoms with Crippen LogP contribution in [0.1, 0.15) is 35.1 Å². The lowest BCUT2D eigenvalue weighted by Gasteiger charge is -2.45. The van der Waals surface area contributed by atoms with Gasteiger partial charge in [0.2, 0.25) is 0 Å². The highest BCUT2D eigenvalue weighted by Gasteiger charge is 2.48. The van der Waals surface area contributed by atoms with Crippen LogP contribution in [0.15, 0.2) is 207 Å². The topological polar surface area (TPSA) is 12.0 Å². The van der Waals surface area contributed by atoms with Crippen LogP contribution < -0.4 is 5.32 Å². The molecule has 7 aromatic rings. The van der Waals surface area contributed by atoms with Gasteiger partial charge in [0, 0.05) is 36.5 Å². The molecule has 0 saturated carbocycles. The number of nitrogens with one attached hydrogen (secondary N) is 1. The summed E-state index contributed by atoms with van der Waals surface area (Å²) < 4.78 is 0. The van der Waals surface area contributed by atoms with Gasteiger partial charge in [0.25, 0.3) is 0 Å². The number of benzene rings is 7. The zero-order chi connectivity index (χ0) is 34.5. The molecule has 0 radical (unpaired) electrons. The number of hydrogen-bond acceptors (Lipinski definition) is 3. The fourth-order valence-electron chi connectivity index (χ4n) is 8.23. The molecule has 10 rings (SSSR count). The number of hydrogen-bond donors (Lipinski definition) is 1. The van der Waals surface area contributed by atoms with Gasteiger partial charge in [-0.25, -0.2) is 0 Å². The SMILES string of the molecule is C1=CCCC(Nc2ccc(-c3ccc4c(c3)Sc3ccc(-c5ccccc5)cc3C43c4ccccc4Sc4ccccc43)cc2-c2ccccc2)=C1. The van der Waals surface area contributed by atoms with Gasteiger partial charge in [-0.15, -0.1) is 0 Å². The largest absolute Gasteiger partial charge is 0.358 e. The van der Waals surface area contributed by atoms with Crippen molar-refractivity contribution in [3.8, 4) is 33.4 Å². The third-order valence-electron chi connectivity index (χ3n) is 10.6. The maximum Gasteiger partial charge on any atom is 0.0745 e. The van der Waals surface area contributed by atoms with Gasteiger partial charge in [0.05, 0.1) is 5.41 Å². The summed E-state index contributed by atoms with van der Waals surface area (Å²) in [5, 5.41) is 3.77. The van der Waals surface area contributed by atoms with Crippen molar-refractivity contribution in [2.45, 2.75) is 37.8 Å². The van der Waals surface area contributed by atoms with Crippen LogP contribution in [0.25, 0.3) is 33.4 Å². The molecule has 0 amide bonds. The molecule has 2 heterocycles. The van der Waals surface area contributed by atoms with Gasteiger partial charge in [-0.1, -0.05) is 157 Å². The van der Waals surface area contributed by atoms with Crippen molar-refractivity contribution < 1.29 is 0 Å². The monoisotopic (exact) mass is 701 g/mol. The van der Waals surface area contributed by atoms with Gasteiger partial charge in [-0.3, -0.25) is 0 Å². The second-order valence-corrected chi connectivity index (χ2v) is 15.8. The van der Waals surface area contributed by atoms with E-state index in [1.54, 1.807) is 0 Å². The molecule has 1 aliphatic carbocycles. The molecule has 1 N–H and O–H groups in total. The van der Waals surface area contributed by atoms with Gasteiger partial charge in [0.1, 0.15) is 0 Å². The summed E-state index contributed by atoms with van der Waals surface area (Å²) in [7, 11) is 0. The van der Waals surface area contributed by atoms with Crippen molar-refractivity contribution in [1.29, 1.82) is 0 Å². The smallest absolute Gasteiger partial charge is 0.0745 e. The highest BCUT2D eigenvalue weighted by atomic mass is 32.2. The maximum atomic E-state index is 3.77. The van der Waals surface area contributed by atoms with Gasteiger partial charge in [-0.05, 0) is 111 Å². The van der Waals surface area contributed by atoms with E-state index < -0.39 is 5.41 Å². The van der Waals surface area contributed by atoms with Crippen LogP contribution in [-0.4, -0.2) is 0 Å². The lowest BCUT2D eigenvalue weighted by atomic mass is 9.64. The summed E-state index contributed by atoms with van der Waals surface area (Å²) in [4.78, 5) is 5.24. The van der Waals surface area contributed by atoms with Crippen LogP contribution >= 0.6 is 23.5 Å². The molecule has 0 aromatic heterocycles. The molecule has 0 atom stereocenters. The zero-order valence-corrected chi connectivity index (χ0v) is 30.2. The highest BCUT2D eigenvalue weighted by Crippen LogP contribution is 2.62. The lowest BCUT2D eigenvalue weighted by molar-refractivity contribution is 0.667. The van der Waals surface area contributed by atoms with Crippen LogP contribution in [0.2, 0.25) is 0 Å². The van der Waals surface area contributed by atoms with Crippen molar-refractivity contribution in [2.24, 2.45) is 0 Å². The van der Waals surface area contributed by atoms with Crippen molar-refractivity contribution in [3.05, 3.63) is 210 Å². The molecule has 52 heavy (non-hydrogen) atoms. The van der Waals surface area contributed by atoms with Crippen LogP contribution in [0.4, 0.5) is 5.69 Å². The van der Waals surface area contributed by atoms with Gasteiger partial charge in [0.15, 0.2) is 0 Å². The van der Waals surface area contributed by atoms with Gasteiger partial charge >= 0.3 is 0 Å². The van der Waals surface area contributed by atoms with E-state index in [-0.39, 0.29) is 0 Å². The Labute approximate surface area is 314 Å². The molecule has 2 aliphatic heterocycles. The first-order chi connectivity index (χ1) is 25.8. The Kier molecular flexibility index (Phi) is 7.78. The van der Waals surface area contributed by atoms with E-state index in [0.717, 1.165) is 18.5 Å². The normalized spacial score (nSPS) is 14.8. The van der Waals surface area contributed by atoms with Crippen LogP contribution in [-0.2, 0) is 5.41 Å². The molecule has 3 aliphatic rings. The first-order valence-electron chi connectivity index (χ1n) is 18.0. The molecular weight excluding hydrogens is 667 g/mol. The second-order valence-electron chi connectivity index (χ2n) is 13.6. The Balaban J connectivity index is 1.17. The van der Waals surface area contributed by atoms with E-state index in [0.29, 0.717) is 0 Å². The number of anilines is 1. The minimum Gasteiger partial charge on any atom is -0.358 e. The molecule has 0 unspecified atom stereocenters. The van der Waals surface area contributed by atoms with Crippen LogP contribution in [0.5, 0.6) is 0 Å². The Morgan fingerprint density at radius 3 is 1.75 bits per heavy atom. The zero-order valence-electron chi connectivity index (χ0n) is 28.6. The first kappa shape index (κ1) is 31.3. The van der Waals surface area contributed by atoms with Gasteiger partial charge in [-0.2, -0.15) is 0 Å². The molecule has 248 valence electrons. The van der Waals surface area contributed by atoms with Crippen LogP contribution in [0, 0.1) is 0 Å². The summed E-state index contributed by atoms with van der Waals surface area (Å²) in [5.74, 6) is 0. The van der Waals surface area contributed by atoms with Crippen molar-refractivity contribution in [3.63, 3.8) is 0 Å². The quantitative estimate of drug-likeness (QED) is 0.192. The predicted molar refractivity (Wildman–Crippen MR) is 219 cm³/mol. The summed E-state index contributed by atoms with van der Waals surface area (Å²) in [6.07, 6.45) is 8.67. The first-order valence-corrected chi connectivity index (χ1v) is 19.6. The Morgan fingerprint density at radius 1 is 0.442 bits per heavy atom. The summed E-state index contributed by atoms with van der Waals surface area (Å²) in [6, 6.07) is 60.9. The summed E-state index contributed by atoms with van der Waals surface area (Å²) >= 11 is 3.80. The third kappa shape index (κ3) is 5.19. The Bertz CT molecular complexity index is 2500. The minimum absolute atomic E-state index is 0.456. The van der Waals surface area contributed by atoms with E-state index in [1.165, 1.54) is 80.9 Å². The molecular formula is C49H35NS2. The van der Waals surface area contributed by atoms with E-state index in [1.807, 2.05) is 23.5 Å². The summed E-state index contributed by atoms with van der Waals surface area (Å²) in [6.45, 7) is 0. The molecule has 3 heteroatoms. The number of allylic oxidation sites excluding steroid dienone is 4. The molecule has 1 nitrogen and oxygen atoms in total. The number of rotatable bonds is 5. The highest BCUT2D eigenvalue weighted by molar-refractivity contribution is 8.00. The van der Waals surface area contributed by atoms with Crippen molar-refractivity contribution in [2.75, 3.05) is 5.32 Å². The van der Waals surface area contributed by atoms with E-state index >= 15 is 0 Å². The molecule has 0 saturated heterocycles. The minimum atomic E-state index is -0.456. The standard InChI is InChI=1S/C49H35NS2/c1-4-14-33(15-5-1)36-26-29-47-43(31-36)49(40-20-10-12-22-45(40)51-46-23-13-11-21-41(46)49)42-27-24-37(32-48(42)52-47)35-25-28-44(50-38-18-8-3-9-19-38)39(30-35)34-16-6-2-7-17-34/h1-8,10-18,20-32,50H,9,19H2. The van der Waals surface area contributed by atoms with Crippen molar-refractivity contribution >= 4 is 29.2 Å². The fourth-order valence-corrected chi connectivity index (χ4v) is 10.6. The van der Waals surface area contributed by atoms with E-state index in [2.05, 4.69) is 187 Å². The fraction of sp³-hybridized carbons (Fsp3) is 0.0612. The molecule has 7 aromatic carbocycles. The summed E-state index contributed by atoms with van der Waals surface area (Å²) in [5.41, 5.74) is 14.7. The molecule has 0 bridgehead atoms. The maximum absolute atomic E-state index is 3.77. The lowest BCUT2D eigenvalue weighted by Crippen LogP contribution is -2.36. The average Bonchev–Trinajstić information content (AvgIpc) is 3.21. The second kappa shape index (κ2) is 12.9. The molecule has 0 fully saturated rings. The number of fused-ring (bicyclic) bond motifs is 8. The third-order valence-corrected chi connectivity index (χ3v) is 12.9. The molecule has 1 spiro atoms.